The Hall–Kier alpha value is -3.79. The van der Waals surface area contributed by atoms with E-state index < -0.39 is 28.8 Å². The van der Waals surface area contributed by atoms with Crippen molar-refractivity contribution in [2.75, 3.05) is 23.3 Å². The van der Waals surface area contributed by atoms with Crippen LogP contribution in [0.2, 0.25) is 5.02 Å². The van der Waals surface area contributed by atoms with Crippen LogP contribution in [0.3, 0.4) is 0 Å². The number of para-hydroxylation sites is 1. The number of nitrogens with one attached hydrogen (secondary N) is 1. The lowest BCUT2D eigenvalue weighted by Crippen LogP contribution is -2.27. The largest absolute Gasteiger partial charge is 0.368 e. The minimum atomic E-state index is -0.999. The van der Waals surface area contributed by atoms with Gasteiger partial charge < -0.3 is 14.8 Å². The molecule has 2 aromatic carbocycles. The standard InChI is InChI=1S/C26H25ClF2N6O2/c1-14(2)25-31-22-19(33(25)3)10-9-18(24(22)34-11-4-5-12-34)30-26(37)21-15(27)13-20(36)35(32-21)23-16(28)7-6-8-17(23)29/h6-10,13-14H,4-5,11-12H2,1-3H3,(H,30,37). The van der Waals surface area contributed by atoms with Crippen molar-refractivity contribution < 1.29 is 13.6 Å². The fourth-order valence-corrected chi connectivity index (χ4v) is 4.98. The van der Waals surface area contributed by atoms with E-state index in [2.05, 4.69) is 29.2 Å². The number of fused-ring (bicyclic) bond motifs is 1. The van der Waals surface area contributed by atoms with E-state index in [0.29, 0.717) is 10.4 Å². The molecule has 0 radical (unpaired) electrons. The van der Waals surface area contributed by atoms with E-state index in [4.69, 9.17) is 16.6 Å². The van der Waals surface area contributed by atoms with Crippen molar-refractivity contribution in [1.82, 2.24) is 19.3 Å². The number of benzene rings is 2. The summed E-state index contributed by atoms with van der Waals surface area (Å²) in [6, 6.07) is 7.75. The highest BCUT2D eigenvalue weighted by Gasteiger charge is 2.26. The molecule has 1 fully saturated rings. The zero-order valence-electron chi connectivity index (χ0n) is 20.6. The van der Waals surface area contributed by atoms with Crippen LogP contribution >= 0.6 is 11.6 Å². The summed E-state index contributed by atoms with van der Waals surface area (Å²) in [5.41, 5.74) is 1.08. The minimum absolute atomic E-state index is 0.199. The SMILES string of the molecule is CC(C)c1nc2c(N3CCCC3)c(NC(=O)c3nn(-c4c(F)cccc4F)c(=O)cc3Cl)ccc2n1C. The number of nitrogens with zero attached hydrogens (tertiary/aromatic N) is 5. The van der Waals surface area contributed by atoms with Gasteiger partial charge in [0.1, 0.15) is 17.0 Å². The Kier molecular flexibility index (Phi) is 6.45. The highest BCUT2D eigenvalue weighted by Crippen LogP contribution is 2.37. The van der Waals surface area contributed by atoms with Gasteiger partial charge in [0.25, 0.3) is 11.5 Å². The third-order valence-corrected chi connectivity index (χ3v) is 6.79. The molecule has 0 bridgehead atoms. The Morgan fingerprint density at radius 3 is 2.41 bits per heavy atom. The number of rotatable bonds is 5. The van der Waals surface area contributed by atoms with Crippen molar-refractivity contribution in [1.29, 1.82) is 0 Å². The van der Waals surface area contributed by atoms with Gasteiger partial charge in [0, 0.05) is 32.1 Å². The topological polar surface area (TPSA) is 85.1 Å². The normalized spacial score (nSPS) is 13.6. The van der Waals surface area contributed by atoms with Crippen LogP contribution in [0.25, 0.3) is 16.7 Å². The van der Waals surface area contributed by atoms with Crippen LogP contribution in [0.15, 0.2) is 41.2 Å². The van der Waals surface area contributed by atoms with Crippen molar-refractivity contribution in [3.05, 3.63) is 74.9 Å². The van der Waals surface area contributed by atoms with Gasteiger partial charge in [0.15, 0.2) is 17.3 Å². The zero-order chi connectivity index (χ0) is 26.4. The molecule has 0 aliphatic carbocycles. The fraction of sp³-hybridized carbons (Fsp3) is 0.308. The fourth-order valence-electron chi connectivity index (χ4n) is 4.76. The van der Waals surface area contributed by atoms with Crippen LogP contribution in [-0.2, 0) is 7.05 Å². The summed E-state index contributed by atoms with van der Waals surface area (Å²) >= 11 is 6.20. The van der Waals surface area contributed by atoms with Crippen molar-refractivity contribution in [3.63, 3.8) is 0 Å². The maximum atomic E-state index is 14.4. The average molecular weight is 527 g/mol. The Bertz CT molecular complexity index is 1570. The third kappa shape index (κ3) is 4.35. The predicted molar refractivity (Wildman–Crippen MR) is 139 cm³/mol. The van der Waals surface area contributed by atoms with Gasteiger partial charge in [0.05, 0.1) is 21.9 Å². The second-order valence-electron chi connectivity index (χ2n) is 9.32. The van der Waals surface area contributed by atoms with Gasteiger partial charge >= 0.3 is 0 Å². The van der Waals surface area contributed by atoms with E-state index in [1.54, 1.807) is 6.07 Å². The van der Waals surface area contributed by atoms with Crippen molar-refractivity contribution in [2.24, 2.45) is 7.05 Å². The maximum Gasteiger partial charge on any atom is 0.277 e. The zero-order valence-corrected chi connectivity index (χ0v) is 21.3. The number of hydrogen-bond donors (Lipinski definition) is 1. The van der Waals surface area contributed by atoms with Crippen molar-refractivity contribution >= 4 is 39.9 Å². The smallest absolute Gasteiger partial charge is 0.277 e. The summed E-state index contributed by atoms with van der Waals surface area (Å²) < 4.78 is 31.3. The van der Waals surface area contributed by atoms with Crippen LogP contribution in [0.5, 0.6) is 0 Å². The van der Waals surface area contributed by atoms with Crippen LogP contribution < -0.4 is 15.8 Å². The van der Waals surface area contributed by atoms with Gasteiger partial charge in [-0.3, -0.25) is 9.59 Å². The first-order chi connectivity index (χ1) is 17.7. The molecule has 0 unspecified atom stereocenters. The molecule has 3 heterocycles. The van der Waals surface area contributed by atoms with Gasteiger partial charge in [-0.25, -0.2) is 13.8 Å². The molecule has 37 heavy (non-hydrogen) atoms. The van der Waals surface area contributed by atoms with Crippen LogP contribution in [-0.4, -0.2) is 38.3 Å². The Balaban J connectivity index is 1.60. The van der Waals surface area contributed by atoms with E-state index in [-0.39, 0.29) is 16.6 Å². The molecule has 0 saturated carbocycles. The van der Waals surface area contributed by atoms with E-state index in [1.165, 1.54) is 6.07 Å². The van der Waals surface area contributed by atoms with Gasteiger partial charge in [-0.15, -0.1) is 0 Å². The predicted octanol–water partition coefficient (Wildman–Crippen LogP) is 5.03. The van der Waals surface area contributed by atoms with Crippen molar-refractivity contribution in [3.8, 4) is 5.69 Å². The molecule has 4 aromatic rings. The number of carbonyl (C=O) groups excluding carboxylic acids is 1. The highest BCUT2D eigenvalue weighted by molar-refractivity contribution is 6.34. The molecule has 1 aliphatic heterocycles. The number of aryl methyl sites for hydroxylation is 1. The monoisotopic (exact) mass is 526 g/mol. The number of amides is 1. The van der Waals surface area contributed by atoms with Gasteiger partial charge in [-0.2, -0.15) is 9.78 Å². The second-order valence-corrected chi connectivity index (χ2v) is 9.73. The maximum absolute atomic E-state index is 14.4. The van der Waals surface area contributed by atoms with Crippen LogP contribution in [0.1, 0.15) is 48.9 Å². The molecule has 1 aliphatic rings. The first-order valence-corrected chi connectivity index (χ1v) is 12.3. The lowest BCUT2D eigenvalue weighted by atomic mass is 10.2. The lowest BCUT2D eigenvalue weighted by molar-refractivity contribution is 0.102. The molecule has 8 nitrogen and oxygen atoms in total. The van der Waals surface area contributed by atoms with E-state index in [9.17, 15) is 18.4 Å². The molecule has 1 amide bonds. The van der Waals surface area contributed by atoms with Crippen molar-refractivity contribution in [2.45, 2.75) is 32.6 Å². The first-order valence-electron chi connectivity index (χ1n) is 12.0. The third-order valence-electron chi connectivity index (χ3n) is 6.50. The summed E-state index contributed by atoms with van der Waals surface area (Å²) in [7, 11) is 1.96. The molecule has 0 atom stereocenters. The molecule has 0 spiro atoms. The van der Waals surface area contributed by atoms with E-state index >= 15 is 0 Å². The van der Waals surface area contributed by atoms with E-state index in [0.717, 1.165) is 66.7 Å². The molecular weight excluding hydrogens is 502 g/mol. The molecule has 11 heteroatoms. The minimum Gasteiger partial charge on any atom is -0.368 e. The molecule has 192 valence electrons. The Morgan fingerprint density at radius 2 is 1.76 bits per heavy atom. The van der Waals surface area contributed by atoms with Crippen LogP contribution in [0, 0.1) is 11.6 Å². The molecule has 5 rings (SSSR count). The summed E-state index contributed by atoms with van der Waals surface area (Å²) in [5, 5.41) is 6.54. The second kappa shape index (κ2) is 9.59. The van der Waals surface area contributed by atoms with Gasteiger partial charge in [-0.05, 0) is 37.1 Å². The molecule has 1 N–H and O–H groups in total. The lowest BCUT2D eigenvalue weighted by Gasteiger charge is -2.22. The number of imidazole rings is 1. The summed E-state index contributed by atoms with van der Waals surface area (Å²) in [6.07, 6.45) is 2.03. The first kappa shape index (κ1) is 24.9. The highest BCUT2D eigenvalue weighted by atomic mass is 35.5. The molecular formula is C26H25ClF2N6O2. The molecule has 2 aromatic heterocycles. The van der Waals surface area contributed by atoms with Gasteiger partial charge in [0.2, 0.25) is 0 Å². The summed E-state index contributed by atoms with van der Waals surface area (Å²) in [6.45, 7) is 5.76. The number of hydrogen-bond acceptors (Lipinski definition) is 5. The number of aromatic nitrogens is 4. The summed E-state index contributed by atoms with van der Waals surface area (Å²) in [5.74, 6) is -1.61. The number of anilines is 2. The average Bonchev–Trinajstić information content (AvgIpc) is 3.48. The van der Waals surface area contributed by atoms with E-state index in [1.807, 2.05) is 17.7 Å². The molecule has 1 saturated heterocycles. The Morgan fingerprint density at radius 1 is 1.08 bits per heavy atom. The Labute approximate surface area is 216 Å². The quantitative estimate of drug-likeness (QED) is 0.394. The number of carbonyl (C=O) groups is 1. The summed E-state index contributed by atoms with van der Waals surface area (Å²) in [4.78, 5) is 32.9. The van der Waals surface area contributed by atoms with Gasteiger partial charge in [-0.1, -0.05) is 31.5 Å². The van der Waals surface area contributed by atoms with Crippen LogP contribution in [0.4, 0.5) is 20.2 Å². The number of halogens is 3.